The van der Waals surface area contributed by atoms with Crippen LogP contribution in [0, 0.1) is 5.82 Å². The van der Waals surface area contributed by atoms with Crippen LogP contribution in [0.15, 0.2) is 59.5 Å². The molecule has 3 rings (SSSR count). The molecule has 23 heavy (non-hydrogen) atoms. The molecule has 1 aromatic carbocycles. The number of benzene rings is 1. The van der Waals surface area contributed by atoms with E-state index in [0.29, 0.717) is 28.8 Å². The van der Waals surface area contributed by atoms with Crippen LogP contribution in [0.1, 0.15) is 11.1 Å². The number of aromatic nitrogens is 1. The van der Waals surface area contributed by atoms with Gasteiger partial charge in [-0.05, 0) is 29.8 Å². The second-order valence-corrected chi connectivity index (χ2v) is 5.82. The Morgan fingerprint density at radius 2 is 1.96 bits per heavy atom. The van der Waals surface area contributed by atoms with E-state index in [2.05, 4.69) is 4.98 Å². The first-order chi connectivity index (χ1) is 11.1. The lowest BCUT2D eigenvalue weighted by molar-refractivity contribution is 0.564. The maximum atomic E-state index is 14.1. The number of rotatable bonds is 5. The molecule has 0 fully saturated rings. The number of halogens is 3. The molecule has 0 spiro atoms. The molecule has 0 bridgehead atoms. The molecule has 0 unspecified atom stereocenters. The van der Waals surface area contributed by atoms with Crippen molar-refractivity contribution in [2.45, 2.75) is 13.1 Å². The molecule has 0 N–H and O–H groups in total. The molecule has 0 aliphatic heterocycles. The zero-order chi connectivity index (χ0) is 16.2. The summed E-state index contributed by atoms with van der Waals surface area (Å²) < 4.78 is 19.2. The maximum Gasteiger partial charge on any atom is 0.129 e. The highest BCUT2D eigenvalue weighted by molar-refractivity contribution is 6.31. The Bertz CT molecular complexity index is 756. The number of hydrogen-bond acceptors (Lipinski definition) is 3. The van der Waals surface area contributed by atoms with Crippen molar-refractivity contribution in [2.24, 2.45) is 0 Å². The highest BCUT2D eigenvalue weighted by Gasteiger charge is 2.15. The van der Waals surface area contributed by atoms with Gasteiger partial charge in [-0.15, -0.1) is 0 Å². The Morgan fingerprint density at radius 3 is 2.61 bits per heavy atom. The normalized spacial score (nSPS) is 10.7. The van der Waals surface area contributed by atoms with Crippen molar-refractivity contribution in [3.63, 3.8) is 0 Å². The first-order valence-electron chi connectivity index (χ1n) is 6.94. The fourth-order valence-corrected chi connectivity index (χ4v) is 2.60. The summed E-state index contributed by atoms with van der Waals surface area (Å²) >= 11 is 12.0. The van der Waals surface area contributed by atoms with Crippen molar-refractivity contribution in [3.05, 3.63) is 82.2 Å². The topological polar surface area (TPSA) is 29.3 Å². The van der Waals surface area contributed by atoms with Gasteiger partial charge in [0.1, 0.15) is 17.2 Å². The minimum absolute atomic E-state index is 0.313. The van der Waals surface area contributed by atoms with Gasteiger partial charge in [0, 0.05) is 29.9 Å². The molecule has 0 atom stereocenters. The number of anilines is 1. The van der Waals surface area contributed by atoms with Crippen LogP contribution in [-0.4, -0.2) is 4.98 Å². The molecule has 3 nitrogen and oxygen atoms in total. The minimum atomic E-state index is -0.333. The van der Waals surface area contributed by atoms with Crippen molar-refractivity contribution >= 4 is 28.9 Å². The van der Waals surface area contributed by atoms with Gasteiger partial charge in [-0.2, -0.15) is 0 Å². The second-order valence-electron chi connectivity index (χ2n) is 5.03. The van der Waals surface area contributed by atoms with Crippen LogP contribution in [0.25, 0.3) is 0 Å². The molecule has 0 radical (unpaired) electrons. The van der Waals surface area contributed by atoms with Crippen molar-refractivity contribution in [2.75, 3.05) is 4.90 Å². The van der Waals surface area contributed by atoms with Gasteiger partial charge in [0.05, 0.1) is 12.0 Å². The smallest absolute Gasteiger partial charge is 0.129 e. The minimum Gasteiger partial charge on any atom is -0.470 e. The third-order valence-electron chi connectivity index (χ3n) is 3.44. The Kier molecular flexibility index (Phi) is 4.84. The predicted molar refractivity (Wildman–Crippen MR) is 89.3 cm³/mol. The summed E-state index contributed by atoms with van der Waals surface area (Å²) in [6.07, 6.45) is 4.88. The number of nitrogens with zero attached hydrogens (tertiary/aromatic N) is 2. The number of hydrogen-bond donors (Lipinski definition) is 0. The quantitative estimate of drug-likeness (QED) is 0.582. The summed E-state index contributed by atoms with van der Waals surface area (Å²) in [5.74, 6) is -0.333. The molecule has 6 heteroatoms. The van der Waals surface area contributed by atoms with E-state index in [-0.39, 0.29) is 5.82 Å². The molecule has 0 saturated carbocycles. The summed E-state index contributed by atoms with van der Waals surface area (Å²) in [6.45, 7) is 0.835. The molecule has 0 saturated heterocycles. The number of furan rings is 1. The summed E-state index contributed by atoms with van der Waals surface area (Å²) in [4.78, 5) is 6.03. The van der Waals surface area contributed by atoms with E-state index < -0.39 is 0 Å². The molecule has 118 valence electrons. The van der Waals surface area contributed by atoms with Crippen LogP contribution in [-0.2, 0) is 13.1 Å². The molecule has 0 amide bonds. The van der Waals surface area contributed by atoms with Crippen LogP contribution in [0.5, 0.6) is 0 Å². The first kappa shape index (κ1) is 15.8. The molecule has 0 aliphatic rings. The Labute approximate surface area is 143 Å². The van der Waals surface area contributed by atoms with Crippen LogP contribution >= 0.6 is 23.2 Å². The van der Waals surface area contributed by atoms with Crippen molar-refractivity contribution in [1.29, 1.82) is 0 Å². The van der Waals surface area contributed by atoms with Crippen molar-refractivity contribution in [3.8, 4) is 0 Å². The van der Waals surface area contributed by atoms with E-state index in [1.54, 1.807) is 36.9 Å². The van der Waals surface area contributed by atoms with Gasteiger partial charge in [0.2, 0.25) is 0 Å². The zero-order valence-electron chi connectivity index (χ0n) is 12.0. The van der Waals surface area contributed by atoms with Crippen LogP contribution in [0.3, 0.4) is 0 Å². The van der Waals surface area contributed by atoms with Gasteiger partial charge in [-0.3, -0.25) is 0 Å². The lowest BCUT2D eigenvalue weighted by atomic mass is 10.1. The fourth-order valence-electron chi connectivity index (χ4n) is 2.27. The van der Waals surface area contributed by atoms with Gasteiger partial charge < -0.3 is 9.32 Å². The number of pyridine rings is 1. The predicted octanol–water partition coefficient (Wildman–Crippen LogP) is 5.33. The fraction of sp³-hybridized carbons (Fsp3) is 0.118. The Hall–Kier alpha value is -2.04. The third kappa shape index (κ3) is 3.84. The van der Waals surface area contributed by atoms with E-state index in [1.165, 1.54) is 6.07 Å². The van der Waals surface area contributed by atoms with Gasteiger partial charge in [-0.1, -0.05) is 35.3 Å². The van der Waals surface area contributed by atoms with E-state index in [1.807, 2.05) is 17.0 Å². The van der Waals surface area contributed by atoms with E-state index >= 15 is 0 Å². The standard InChI is InChI=1S/C17H13Cl2FN2O/c18-15-2-1-3-16(20)14(15)10-22(13-6-7-23-11-13)9-12-4-5-17(19)21-8-12/h1-8,11H,9-10H2. The first-order valence-corrected chi connectivity index (χ1v) is 7.69. The average Bonchev–Trinajstić information content (AvgIpc) is 3.06. The van der Waals surface area contributed by atoms with E-state index in [4.69, 9.17) is 27.6 Å². The summed E-state index contributed by atoms with van der Waals surface area (Å²) in [7, 11) is 0. The van der Waals surface area contributed by atoms with Gasteiger partial charge in [-0.25, -0.2) is 9.37 Å². The molecule has 0 aliphatic carbocycles. The molecular weight excluding hydrogens is 338 g/mol. The molecule has 2 heterocycles. The molecular formula is C17H13Cl2FN2O. The largest absolute Gasteiger partial charge is 0.470 e. The average molecular weight is 351 g/mol. The van der Waals surface area contributed by atoms with Crippen molar-refractivity contribution < 1.29 is 8.81 Å². The van der Waals surface area contributed by atoms with Crippen LogP contribution in [0.4, 0.5) is 10.1 Å². The highest BCUT2D eigenvalue weighted by atomic mass is 35.5. The van der Waals surface area contributed by atoms with Crippen LogP contribution in [0.2, 0.25) is 10.2 Å². The highest BCUT2D eigenvalue weighted by Crippen LogP contribution is 2.26. The SMILES string of the molecule is Fc1cccc(Cl)c1CN(Cc1ccc(Cl)nc1)c1ccoc1. The van der Waals surface area contributed by atoms with Gasteiger partial charge in [0.25, 0.3) is 0 Å². The van der Waals surface area contributed by atoms with Gasteiger partial charge >= 0.3 is 0 Å². The summed E-state index contributed by atoms with van der Waals surface area (Å²) in [5, 5.41) is 0.827. The molecule has 3 aromatic rings. The monoisotopic (exact) mass is 350 g/mol. The summed E-state index contributed by atoms with van der Waals surface area (Å²) in [5.41, 5.74) is 2.22. The summed E-state index contributed by atoms with van der Waals surface area (Å²) in [6, 6.07) is 10.1. The van der Waals surface area contributed by atoms with Crippen LogP contribution < -0.4 is 4.90 Å². The lowest BCUT2D eigenvalue weighted by Crippen LogP contribution is -2.22. The van der Waals surface area contributed by atoms with Crippen molar-refractivity contribution in [1.82, 2.24) is 4.98 Å². The van der Waals surface area contributed by atoms with E-state index in [9.17, 15) is 4.39 Å². The Balaban J connectivity index is 1.89. The van der Waals surface area contributed by atoms with E-state index in [0.717, 1.165) is 11.3 Å². The van der Waals surface area contributed by atoms with Gasteiger partial charge in [0.15, 0.2) is 0 Å². The lowest BCUT2D eigenvalue weighted by Gasteiger charge is -2.24. The zero-order valence-corrected chi connectivity index (χ0v) is 13.6. The molecule has 2 aromatic heterocycles. The third-order valence-corrected chi connectivity index (χ3v) is 4.02. The maximum absolute atomic E-state index is 14.1. The Morgan fingerprint density at radius 1 is 1.09 bits per heavy atom. The second kappa shape index (κ2) is 7.02.